The van der Waals surface area contributed by atoms with E-state index in [1.54, 1.807) is 12.4 Å². The number of halogens is 3. The topological polar surface area (TPSA) is 86.7 Å². The molecular weight excluding hydrogens is 537 g/mol. The third-order valence-electron chi connectivity index (χ3n) is 8.57. The first kappa shape index (κ1) is 27.1. The summed E-state index contributed by atoms with van der Waals surface area (Å²) >= 11 is 0. The zero-order chi connectivity index (χ0) is 28.9. The number of rotatable bonds is 5. The zero-order valence-corrected chi connectivity index (χ0v) is 22.8. The highest BCUT2D eigenvalue weighted by Crippen LogP contribution is 2.43. The van der Waals surface area contributed by atoms with Crippen molar-refractivity contribution in [3.63, 3.8) is 0 Å². The molecule has 4 aromatic rings. The summed E-state index contributed by atoms with van der Waals surface area (Å²) in [6.45, 7) is 0.692. The van der Waals surface area contributed by atoms with Crippen LogP contribution in [0.5, 0.6) is 0 Å². The lowest BCUT2D eigenvalue weighted by atomic mass is 9.72. The van der Waals surface area contributed by atoms with E-state index in [2.05, 4.69) is 10.2 Å². The Hall–Kier alpha value is -4.09. The van der Waals surface area contributed by atoms with Gasteiger partial charge in [0.25, 0.3) is 0 Å². The van der Waals surface area contributed by atoms with Crippen LogP contribution in [0, 0.1) is 5.92 Å². The number of carbonyl (C=O) groups is 1. The number of hydrogen-bond acceptors (Lipinski definition) is 5. The highest BCUT2D eigenvalue weighted by Gasteiger charge is 2.37. The lowest BCUT2D eigenvalue weighted by Crippen LogP contribution is -2.39. The average Bonchev–Trinajstić information content (AvgIpc) is 3.51. The van der Waals surface area contributed by atoms with Crippen LogP contribution in [-0.4, -0.2) is 54.9 Å². The fraction of sp³-hybridized carbons (Fsp3) is 0.448. The Balaban J connectivity index is 1.44. The number of aromatic nitrogens is 5. The monoisotopic (exact) mass is 568 g/mol. The SMILES string of the molecule is COC(=O)N1CCCC(c2cc(C(F)(F)F)c3cn(-c4cccc([C@H](c5nncn5C)C5CCC5)c4)c(=O)n3c2)C1. The van der Waals surface area contributed by atoms with Crippen LogP contribution in [-0.2, 0) is 18.0 Å². The quantitative estimate of drug-likeness (QED) is 0.334. The molecule has 0 N–H and O–H groups in total. The molecule has 0 spiro atoms. The Bertz CT molecular complexity index is 1650. The second-order valence-electron chi connectivity index (χ2n) is 11.0. The summed E-state index contributed by atoms with van der Waals surface area (Å²) in [6.07, 6.45) is 3.64. The normalized spacial score (nSPS) is 18.9. The van der Waals surface area contributed by atoms with Gasteiger partial charge in [0.1, 0.15) is 12.2 Å². The largest absolute Gasteiger partial charge is 0.453 e. The number of alkyl halides is 3. The summed E-state index contributed by atoms with van der Waals surface area (Å²) in [4.78, 5) is 27.2. The van der Waals surface area contributed by atoms with Crippen LogP contribution in [0.25, 0.3) is 11.2 Å². The molecule has 41 heavy (non-hydrogen) atoms. The smallest absolute Gasteiger partial charge is 0.418 e. The molecule has 1 aliphatic heterocycles. The Labute approximate surface area is 234 Å². The molecule has 2 atom stereocenters. The van der Waals surface area contributed by atoms with Crippen molar-refractivity contribution in [3.8, 4) is 5.69 Å². The van der Waals surface area contributed by atoms with Crippen molar-refractivity contribution in [1.29, 1.82) is 0 Å². The molecule has 1 saturated heterocycles. The number of aryl methyl sites for hydroxylation is 1. The fourth-order valence-corrected chi connectivity index (χ4v) is 6.24. The van der Waals surface area contributed by atoms with Gasteiger partial charge in [-0.05, 0) is 60.9 Å². The van der Waals surface area contributed by atoms with Gasteiger partial charge in [0.05, 0.1) is 23.9 Å². The molecule has 3 aromatic heterocycles. The van der Waals surface area contributed by atoms with E-state index < -0.39 is 23.5 Å². The molecule has 12 heteroatoms. The maximum atomic E-state index is 14.3. The molecule has 1 aromatic carbocycles. The number of piperidine rings is 1. The lowest BCUT2D eigenvalue weighted by molar-refractivity contribution is -0.136. The van der Waals surface area contributed by atoms with Gasteiger partial charge < -0.3 is 14.2 Å². The number of likely N-dealkylation sites (tertiary alicyclic amines) is 1. The molecule has 216 valence electrons. The minimum atomic E-state index is -4.68. The summed E-state index contributed by atoms with van der Waals surface area (Å²) in [5.74, 6) is 0.794. The second kappa shape index (κ2) is 10.4. The van der Waals surface area contributed by atoms with E-state index in [1.165, 1.54) is 29.0 Å². The minimum absolute atomic E-state index is 0.0367. The average molecular weight is 569 g/mol. The van der Waals surface area contributed by atoms with Gasteiger partial charge in [0.15, 0.2) is 0 Å². The summed E-state index contributed by atoms with van der Waals surface area (Å²) in [5.41, 5.74) is 0.0762. The van der Waals surface area contributed by atoms with Gasteiger partial charge in [-0.3, -0.25) is 8.97 Å². The first-order valence-electron chi connectivity index (χ1n) is 13.8. The van der Waals surface area contributed by atoms with Crippen LogP contribution in [0.4, 0.5) is 18.0 Å². The maximum Gasteiger partial charge on any atom is 0.418 e. The molecule has 2 aliphatic rings. The van der Waals surface area contributed by atoms with Gasteiger partial charge in [-0.2, -0.15) is 13.2 Å². The van der Waals surface area contributed by atoms with Gasteiger partial charge in [-0.1, -0.05) is 18.6 Å². The van der Waals surface area contributed by atoms with Crippen LogP contribution in [0.1, 0.15) is 66.5 Å². The van der Waals surface area contributed by atoms with E-state index >= 15 is 0 Å². The second-order valence-corrected chi connectivity index (χ2v) is 11.0. The van der Waals surface area contributed by atoms with E-state index in [0.717, 1.165) is 41.1 Å². The van der Waals surface area contributed by atoms with E-state index in [9.17, 15) is 22.8 Å². The number of methoxy groups -OCH3 is 1. The van der Waals surface area contributed by atoms with E-state index in [0.29, 0.717) is 36.6 Å². The van der Waals surface area contributed by atoms with E-state index in [4.69, 9.17) is 4.74 Å². The molecule has 1 aliphatic carbocycles. The van der Waals surface area contributed by atoms with Gasteiger partial charge in [0.2, 0.25) is 0 Å². The number of fused-ring (bicyclic) bond motifs is 1. The van der Waals surface area contributed by atoms with Gasteiger partial charge in [0, 0.05) is 44.4 Å². The van der Waals surface area contributed by atoms with Crippen molar-refractivity contribution < 1.29 is 22.7 Å². The van der Waals surface area contributed by atoms with Crippen LogP contribution < -0.4 is 5.69 Å². The van der Waals surface area contributed by atoms with Crippen LogP contribution in [0.2, 0.25) is 0 Å². The lowest BCUT2D eigenvalue weighted by Gasteiger charge is -2.33. The van der Waals surface area contributed by atoms with Crippen LogP contribution >= 0.6 is 0 Å². The predicted molar refractivity (Wildman–Crippen MR) is 144 cm³/mol. The first-order valence-corrected chi connectivity index (χ1v) is 13.8. The molecule has 1 amide bonds. The molecule has 9 nitrogen and oxygen atoms in total. The molecule has 1 unspecified atom stereocenters. The number of hydrogen-bond donors (Lipinski definition) is 0. The van der Waals surface area contributed by atoms with Gasteiger partial charge in [-0.15, -0.1) is 10.2 Å². The summed E-state index contributed by atoms with van der Waals surface area (Å²) in [6, 6.07) is 8.49. The molecule has 6 rings (SSSR count). The van der Waals surface area contributed by atoms with E-state index in [1.807, 2.05) is 29.8 Å². The molecule has 1 saturated carbocycles. The zero-order valence-electron chi connectivity index (χ0n) is 22.8. The Kier molecular flexibility index (Phi) is 6.87. The Morgan fingerprint density at radius 1 is 1.12 bits per heavy atom. The molecule has 0 bridgehead atoms. The molecular formula is C29H31F3N6O3. The predicted octanol–water partition coefficient (Wildman–Crippen LogP) is 5.12. The van der Waals surface area contributed by atoms with Crippen molar-refractivity contribution in [3.05, 3.63) is 82.1 Å². The molecule has 4 heterocycles. The van der Waals surface area contributed by atoms with Crippen LogP contribution in [0.15, 0.2) is 53.8 Å². The summed E-state index contributed by atoms with van der Waals surface area (Å²) in [7, 11) is 3.17. The number of nitrogens with zero attached hydrogens (tertiary/aromatic N) is 6. The van der Waals surface area contributed by atoms with Gasteiger partial charge in [-0.25, -0.2) is 9.59 Å². The Morgan fingerprint density at radius 3 is 2.59 bits per heavy atom. The molecule has 2 fully saturated rings. The highest BCUT2D eigenvalue weighted by molar-refractivity contribution is 5.67. The molecule has 0 radical (unpaired) electrons. The minimum Gasteiger partial charge on any atom is -0.453 e. The number of pyridine rings is 1. The van der Waals surface area contributed by atoms with Crippen molar-refractivity contribution in [2.75, 3.05) is 20.2 Å². The maximum absolute atomic E-state index is 14.3. The van der Waals surface area contributed by atoms with Crippen molar-refractivity contribution in [2.45, 2.75) is 50.1 Å². The fourth-order valence-electron chi connectivity index (χ4n) is 6.24. The summed E-state index contributed by atoms with van der Waals surface area (Å²) in [5, 5.41) is 8.40. The standard InChI is InChI=1S/C29H31F3N6O3/c1-35-17-33-34-26(35)25(18-6-3-7-18)19-8-4-10-22(12-19)37-16-24-23(29(30,31)32)13-21(15-38(24)27(37)39)20-9-5-11-36(14-20)28(40)41-2/h4,8,10,12-13,15-18,20,25H,3,5-7,9,11,14H2,1-2H3/t20?,25-/m1/s1. The van der Waals surface area contributed by atoms with Crippen molar-refractivity contribution in [2.24, 2.45) is 13.0 Å². The first-order chi connectivity index (χ1) is 19.7. The van der Waals surface area contributed by atoms with Crippen molar-refractivity contribution in [1.82, 2.24) is 28.6 Å². The number of carbonyl (C=O) groups excluding carboxylic acids is 1. The third-order valence-corrected chi connectivity index (χ3v) is 8.57. The van der Waals surface area contributed by atoms with E-state index in [-0.39, 0.29) is 23.9 Å². The van der Waals surface area contributed by atoms with Gasteiger partial charge >= 0.3 is 18.0 Å². The van der Waals surface area contributed by atoms with Crippen LogP contribution in [0.3, 0.4) is 0 Å². The number of amides is 1. The Morgan fingerprint density at radius 2 is 1.93 bits per heavy atom. The third kappa shape index (κ3) is 4.89. The summed E-state index contributed by atoms with van der Waals surface area (Å²) < 4.78 is 52.1. The number of benzene rings is 1. The van der Waals surface area contributed by atoms with Crippen molar-refractivity contribution >= 4 is 11.6 Å². The highest BCUT2D eigenvalue weighted by atomic mass is 19.4. The number of ether oxygens (including phenoxy) is 1. The number of imidazole rings is 1.